The lowest BCUT2D eigenvalue weighted by Gasteiger charge is -2.29. The van der Waals surface area contributed by atoms with Crippen molar-refractivity contribution < 1.29 is 14.3 Å². The molecule has 7 heteroatoms. The average molecular weight is 420 g/mol. The van der Waals surface area contributed by atoms with Crippen LogP contribution in [0.15, 0.2) is 42.6 Å². The van der Waals surface area contributed by atoms with Crippen molar-refractivity contribution in [3.63, 3.8) is 0 Å². The lowest BCUT2D eigenvalue weighted by Crippen LogP contribution is -2.45. The molecule has 2 rings (SSSR count). The molecule has 2 aromatic rings. The first-order valence-corrected chi connectivity index (χ1v) is 10.1. The molecule has 0 saturated heterocycles. The van der Waals surface area contributed by atoms with E-state index in [1.54, 1.807) is 41.2 Å². The van der Waals surface area contributed by atoms with Crippen molar-refractivity contribution in [3.8, 4) is 0 Å². The molecule has 0 aliphatic carbocycles. The molecule has 0 radical (unpaired) electrons. The molecule has 0 saturated carbocycles. The Morgan fingerprint density at radius 1 is 1.14 bits per heavy atom. The number of amides is 2. The van der Waals surface area contributed by atoms with Crippen molar-refractivity contribution >= 4 is 23.4 Å². The standard InChI is InChI=1S/C22H30ClN3O3/c1-17(2)14-26(22(28)19-9-5-6-10-20(19)23)16-21(27)25(12-13-29-4)15-18-8-7-11-24(18)3/h5-11,17H,12-16H2,1-4H3. The van der Waals surface area contributed by atoms with E-state index in [1.165, 1.54) is 0 Å². The quantitative estimate of drug-likeness (QED) is 0.592. The molecule has 0 spiro atoms. The van der Waals surface area contributed by atoms with E-state index in [1.807, 2.05) is 43.8 Å². The summed E-state index contributed by atoms with van der Waals surface area (Å²) in [4.78, 5) is 29.5. The lowest BCUT2D eigenvalue weighted by molar-refractivity contribution is -0.133. The van der Waals surface area contributed by atoms with E-state index in [0.29, 0.717) is 36.8 Å². The highest BCUT2D eigenvalue weighted by atomic mass is 35.5. The molecule has 0 fully saturated rings. The lowest BCUT2D eigenvalue weighted by atomic mass is 10.1. The normalized spacial score (nSPS) is 11.0. The summed E-state index contributed by atoms with van der Waals surface area (Å²) in [5.41, 5.74) is 1.43. The smallest absolute Gasteiger partial charge is 0.255 e. The molecule has 0 unspecified atom stereocenters. The van der Waals surface area contributed by atoms with E-state index in [9.17, 15) is 9.59 Å². The first kappa shape index (κ1) is 23.0. The van der Waals surface area contributed by atoms with Crippen LogP contribution in [0.25, 0.3) is 0 Å². The van der Waals surface area contributed by atoms with Crippen LogP contribution in [-0.4, -0.2) is 59.5 Å². The van der Waals surface area contributed by atoms with Crippen LogP contribution in [0, 0.1) is 5.92 Å². The number of carbonyl (C=O) groups is 2. The minimum absolute atomic E-state index is 0.00360. The van der Waals surface area contributed by atoms with Gasteiger partial charge in [0.25, 0.3) is 5.91 Å². The summed E-state index contributed by atoms with van der Waals surface area (Å²) in [7, 11) is 3.55. The molecule has 6 nitrogen and oxygen atoms in total. The number of ether oxygens (including phenoxy) is 1. The summed E-state index contributed by atoms with van der Waals surface area (Å²) in [6.45, 7) is 5.85. The zero-order chi connectivity index (χ0) is 21.4. The van der Waals surface area contributed by atoms with Crippen LogP contribution in [-0.2, 0) is 23.1 Å². The Bertz CT molecular complexity index is 819. The maximum absolute atomic E-state index is 13.1. The van der Waals surface area contributed by atoms with Gasteiger partial charge in [-0.1, -0.05) is 37.6 Å². The minimum Gasteiger partial charge on any atom is -0.383 e. The Kier molecular flexibility index (Phi) is 8.73. The van der Waals surface area contributed by atoms with E-state index in [0.717, 1.165) is 5.69 Å². The second-order valence-corrected chi connectivity index (χ2v) is 7.89. The van der Waals surface area contributed by atoms with Crippen molar-refractivity contribution in [2.75, 3.05) is 33.4 Å². The molecule has 0 N–H and O–H groups in total. The number of carbonyl (C=O) groups excluding carboxylic acids is 2. The Hall–Kier alpha value is -2.31. The van der Waals surface area contributed by atoms with Crippen molar-refractivity contribution in [3.05, 3.63) is 58.9 Å². The van der Waals surface area contributed by atoms with Gasteiger partial charge in [0.15, 0.2) is 0 Å². The Labute approximate surface area is 178 Å². The monoisotopic (exact) mass is 419 g/mol. The van der Waals surface area contributed by atoms with Gasteiger partial charge in [-0.25, -0.2) is 0 Å². The van der Waals surface area contributed by atoms with Crippen LogP contribution in [0.3, 0.4) is 0 Å². The number of hydrogen-bond donors (Lipinski definition) is 0. The SMILES string of the molecule is COCCN(Cc1cccn1C)C(=O)CN(CC(C)C)C(=O)c1ccccc1Cl. The average Bonchev–Trinajstić information content (AvgIpc) is 3.08. The molecule has 0 aliphatic heterocycles. The number of nitrogens with zero attached hydrogens (tertiary/aromatic N) is 3. The molecule has 1 aromatic carbocycles. The third-order valence-corrected chi connectivity index (χ3v) is 4.95. The molecule has 1 heterocycles. The summed E-state index contributed by atoms with van der Waals surface area (Å²) in [5.74, 6) is -0.137. The number of rotatable bonds is 10. The highest BCUT2D eigenvalue weighted by Crippen LogP contribution is 2.18. The van der Waals surface area contributed by atoms with E-state index in [2.05, 4.69) is 0 Å². The molecule has 1 aromatic heterocycles. The van der Waals surface area contributed by atoms with Crippen LogP contribution in [0.4, 0.5) is 0 Å². The van der Waals surface area contributed by atoms with Gasteiger partial charge in [-0.3, -0.25) is 9.59 Å². The zero-order valence-corrected chi connectivity index (χ0v) is 18.4. The number of hydrogen-bond acceptors (Lipinski definition) is 3. The van der Waals surface area contributed by atoms with Gasteiger partial charge in [0.05, 0.1) is 23.7 Å². The topological polar surface area (TPSA) is 54.8 Å². The van der Waals surface area contributed by atoms with E-state index < -0.39 is 0 Å². The number of aromatic nitrogens is 1. The number of halogens is 1. The van der Waals surface area contributed by atoms with Crippen LogP contribution < -0.4 is 0 Å². The van der Waals surface area contributed by atoms with Gasteiger partial charge in [-0.15, -0.1) is 0 Å². The Morgan fingerprint density at radius 2 is 1.86 bits per heavy atom. The summed E-state index contributed by atoms with van der Waals surface area (Å²) in [6.07, 6.45) is 1.94. The van der Waals surface area contributed by atoms with E-state index in [-0.39, 0.29) is 24.3 Å². The van der Waals surface area contributed by atoms with E-state index in [4.69, 9.17) is 16.3 Å². The first-order valence-electron chi connectivity index (χ1n) is 9.74. The Morgan fingerprint density at radius 3 is 2.45 bits per heavy atom. The summed E-state index contributed by atoms with van der Waals surface area (Å²) in [5, 5.41) is 0.388. The molecule has 2 amide bonds. The third-order valence-electron chi connectivity index (χ3n) is 4.63. The van der Waals surface area contributed by atoms with Crippen LogP contribution in [0.5, 0.6) is 0 Å². The maximum atomic E-state index is 13.1. The summed E-state index contributed by atoms with van der Waals surface area (Å²) in [6, 6.07) is 10.9. The van der Waals surface area contributed by atoms with Gasteiger partial charge < -0.3 is 19.1 Å². The van der Waals surface area contributed by atoms with Crippen molar-refractivity contribution in [1.29, 1.82) is 0 Å². The van der Waals surface area contributed by atoms with Gasteiger partial charge >= 0.3 is 0 Å². The predicted molar refractivity (Wildman–Crippen MR) is 115 cm³/mol. The van der Waals surface area contributed by atoms with Crippen LogP contribution in [0.1, 0.15) is 29.9 Å². The molecular formula is C22H30ClN3O3. The summed E-state index contributed by atoms with van der Waals surface area (Å²) >= 11 is 6.22. The fourth-order valence-electron chi connectivity index (χ4n) is 3.08. The number of methoxy groups -OCH3 is 1. The number of aryl methyl sites for hydroxylation is 1. The summed E-state index contributed by atoms with van der Waals surface area (Å²) < 4.78 is 7.16. The van der Waals surface area contributed by atoms with Gasteiger partial charge in [-0.2, -0.15) is 0 Å². The van der Waals surface area contributed by atoms with Crippen LogP contribution >= 0.6 is 11.6 Å². The molecule has 158 valence electrons. The van der Waals surface area contributed by atoms with Crippen molar-refractivity contribution in [1.82, 2.24) is 14.4 Å². The van der Waals surface area contributed by atoms with Crippen molar-refractivity contribution in [2.24, 2.45) is 13.0 Å². The maximum Gasteiger partial charge on any atom is 0.255 e. The first-order chi connectivity index (χ1) is 13.8. The van der Waals surface area contributed by atoms with Gasteiger partial charge in [0.2, 0.25) is 5.91 Å². The molecular weight excluding hydrogens is 390 g/mol. The fraction of sp³-hybridized carbons (Fsp3) is 0.455. The Balaban J connectivity index is 2.19. The molecule has 0 atom stereocenters. The van der Waals surface area contributed by atoms with Crippen LogP contribution in [0.2, 0.25) is 5.02 Å². The second-order valence-electron chi connectivity index (χ2n) is 7.48. The molecule has 0 bridgehead atoms. The highest BCUT2D eigenvalue weighted by molar-refractivity contribution is 6.33. The highest BCUT2D eigenvalue weighted by Gasteiger charge is 2.24. The third kappa shape index (κ3) is 6.61. The second kappa shape index (κ2) is 11.0. The van der Waals surface area contributed by atoms with Gasteiger partial charge in [0.1, 0.15) is 6.54 Å². The minimum atomic E-state index is -0.233. The van der Waals surface area contributed by atoms with E-state index >= 15 is 0 Å². The van der Waals surface area contributed by atoms with Crippen molar-refractivity contribution in [2.45, 2.75) is 20.4 Å². The molecule has 0 aliphatic rings. The largest absolute Gasteiger partial charge is 0.383 e. The fourth-order valence-corrected chi connectivity index (χ4v) is 3.29. The number of benzene rings is 1. The zero-order valence-electron chi connectivity index (χ0n) is 17.6. The van der Waals surface area contributed by atoms with Gasteiger partial charge in [0, 0.05) is 39.1 Å². The predicted octanol–water partition coefficient (Wildman–Crippen LogP) is 3.45. The van der Waals surface area contributed by atoms with Gasteiger partial charge in [-0.05, 0) is 30.2 Å². The molecule has 29 heavy (non-hydrogen) atoms.